The normalized spacial score (nSPS) is 17.3. The number of carbonyl (C=O) groups excluding carboxylic acids is 1. The minimum Gasteiger partial charge on any atom is -0.370 e. The van der Waals surface area contributed by atoms with Crippen LogP contribution in [-0.2, 0) is 29.7 Å². The number of halogens is 1. The second kappa shape index (κ2) is 10.6. The highest BCUT2D eigenvalue weighted by molar-refractivity contribution is 5.79. The van der Waals surface area contributed by atoms with Crippen LogP contribution in [0.4, 0.5) is 4.39 Å². The maximum Gasteiger partial charge on any atom is 0.276 e. The van der Waals surface area contributed by atoms with E-state index in [4.69, 9.17) is 4.74 Å². The predicted molar refractivity (Wildman–Crippen MR) is 133 cm³/mol. The summed E-state index contributed by atoms with van der Waals surface area (Å²) >= 11 is 0. The summed E-state index contributed by atoms with van der Waals surface area (Å²) < 4.78 is 23.0. The summed E-state index contributed by atoms with van der Waals surface area (Å²) in [6, 6.07) is 15.8. The number of nitrogens with zero attached hydrogens (tertiary/aromatic N) is 4. The summed E-state index contributed by atoms with van der Waals surface area (Å²) in [7, 11) is 1.87. The predicted octanol–water partition coefficient (Wildman–Crippen LogP) is 3.26. The van der Waals surface area contributed by atoms with E-state index in [0.29, 0.717) is 31.8 Å². The second-order valence-electron chi connectivity index (χ2n) is 9.41. The molecule has 0 radical (unpaired) electrons. The zero-order valence-corrected chi connectivity index (χ0v) is 20.8. The van der Waals surface area contributed by atoms with Crippen molar-refractivity contribution in [1.29, 1.82) is 0 Å². The molecule has 0 saturated carbocycles. The van der Waals surface area contributed by atoms with E-state index in [1.54, 1.807) is 16.8 Å². The van der Waals surface area contributed by atoms with Gasteiger partial charge in [-0.15, -0.1) is 0 Å². The molecule has 1 aromatic heterocycles. The summed E-state index contributed by atoms with van der Waals surface area (Å²) in [5, 5.41) is 0. The van der Waals surface area contributed by atoms with Crippen molar-refractivity contribution < 1.29 is 13.9 Å². The fourth-order valence-electron chi connectivity index (χ4n) is 4.56. The van der Waals surface area contributed by atoms with Crippen LogP contribution in [0.15, 0.2) is 59.4 Å². The maximum atomic E-state index is 13.4. The molecule has 0 spiro atoms. The molecule has 1 fully saturated rings. The quantitative estimate of drug-likeness (QED) is 0.521. The highest BCUT2D eigenvalue weighted by Crippen LogP contribution is 2.17. The number of ether oxygens (including phenoxy) is 1. The number of rotatable bonds is 7. The molecule has 8 heteroatoms. The van der Waals surface area contributed by atoms with Crippen molar-refractivity contribution in [3.05, 3.63) is 87.6 Å². The molecule has 1 saturated heterocycles. The highest BCUT2D eigenvalue weighted by atomic mass is 19.1. The third-order valence-corrected chi connectivity index (χ3v) is 6.62. The van der Waals surface area contributed by atoms with Gasteiger partial charge in [-0.05, 0) is 50.6 Å². The molecule has 2 heterocycles. The molecule has 4 rings (SSSR count). The van der Waals surface area contributed by atoms with Crippen LogP contribution < -0.4 is 5.56 Å². The number of para-hydroxylation sites is 1. The van der Waals surface area contributed by atoms with Crippen molar-refractivity contribution in [2.75, 3.05) is 19.6 Å². The van der Waals surface area contributed by atoms with Gasteiger partial charge in [-0.3, -0.25) is 19.2 Å². The monoisotopic (exact) mass is 480 g/mol. The van der Waals surface area contributed by atoms with Crippen LogP contribution in [0.5, 0.6) is 0 Å². The molecule has 1 amide bonds. The van der Waals surface area contributed by atoms with Crippen LogP contribution in [0.2, 0.25) is 0 Å². The van der Waals surface area contributed by atoms with Crippen LogP contribution in [0.1, 0.15) is 30.7 Å². The number of aromatic nitrogens is 2. The Balaban J connectivity index is 1.57. The van der Waals surface area contributed by atoms with E-state index in [1.165, 1.54) is 12.1 Å². The Bertz CT molecular complexity index is 1220. The zero-order chi connectivity index (χ0) is 25.1. The van der Waals surface area contributed by atoms with Gasteiger partial charge >= 0.3 is 0 Å². The van der Waals surface area contributed by atoms with Gasteiger partial charge in [0.05, 0.1) is 30.5 Å². The van der Waals surface area contributed by atoms with Crippen molar-refractivity contribution in [3.8, 4) is 5.69 Å². The van der Waals surface area contributed by atoms with Crippen molar-refractivity contribution in [2.24, 2.45) is 7.05 Å². The van der Waals surface area contributed by atoms with Crippen molar-refractivity contribution >= 4 is 5.91 Å². The number of amides is 1. The Morgan fingerprint density at radius 1 is 1.03 bits per heavy atom. The van der Waals surface area contributed by atoms with Gasteiger partial charge in [0.2, 0.25) is 5.91 Å². The average Bonchev–Trinajstić information content (AvgIpc) is 2.95. The molecule has 1 aliphatic rings. The first-order valence-electron chi connectivity index (χ1n) is 12.0. The van der Waals surface area contributed by atoms with E-state index in [0.717, 1.165) is 16.9 Å². The van der Waals surface area contributed by atoms with Crippen LogP contribution in [0.25, 0.3) is 5.69 Å². The molecular formula is C27H33FN4O3. The molecule has 0 bridgehead atoms. The maximum absolute atomic E-state index is 13.4. The first-order chi connectivity index (χ1) is 16.7. The first kappa shape index (κ1) is 24.9. The van der Waals surface area contributed by atoms with E-state index in [1.807, 2.05) is 72.6 Å². The average molecular weight is 481 g/mol. The van der Waals surface area contributed by atoms with Crippen LogP contribution in [-0.4, -0.2) is 56.9 Å². The van der Waals surface area contributed by atoms with Crippen LogP contribution in [0.3, 0.4) is 0 Å². The van der Waals surface area contributed by atoms with Crippen molar-refractivity contribution in [3.63, 3.8) is 0 Å². The Morgan fingerprint density at radius 2 is 1.71 bits per heavy atom. The molecule has 0 aliphatic carbocycles. The van der Waals surface area contributed by atoms with Crippen molar-refractivity contribution in [2.45, 2.75) is 46.1 Å². The lowest BCUT2D eigenvalue weighted by Crippen LogP contribution is -2.42. The van der Waals surface area contributed by atoms with Gasteiger partial charge < -0.3 is 9.64 Å². The number of hydrogen-bond donors (Lipinski definition) is 0. The Kier molecular flexibility index (Phi) is 7.52. The first-order valence-corrected chi connectivity index (χ1v) is 12.0. The molecule has 3 aromatic rings. The Morgan fingerprint density at radius 3 is 2.37 bits per heavy atom. The molecule has 35 heavy (non-hydrogen) atoms. The Labute approximate surface area is 205 Å². The Hall–Kier alpha value is -3.23. The molecule has 7 nitrogen and oxygen atoms in total. The SMILES string of the molecule is Cc1c(CN2CC(=O)N(C(C)C)C[C@@H](OCc3ccc(F)cc3)C2)c(=O)n(-c2ccccc2)n1C. The van der Waals surface area contributed by atoms with Gasteiger partial charge in [-0.25, -0.2) is 9.07 Å². The summed E-state index contributed by atoms with van der Waals surface area (Å²) in [6.45, 7) is 7.78. The third kappa shape index (κ3) is 5.55. The fourth-order valence-corrected chi connectivity index (χ4v) is 4.56. The van der Waals surface area contributed by atoms with Crippen molar-refractivity contribution in [1.82, 2.24) is 19.2 Å². The van der Waals surface area contributed by atoms with Gasteiger partial charge in [0.15, 0.2) is 0 Å². The lowest BCUT2D eigenvalue weighted by atomic mass is 10.2. The lowest BCUT2D eigenvalue weighted by Gasteiger charge is -2.27. The number of hydrogen-bond acceptors (Lipinski definition) is 4. The van der Waals surface area contributed by atoms with E-state index in [9.17, 15) is 14.0 Å². The van der Waals surface area contributed by atoms with Gasteiger partial charge in [0.1, 0.15) is 5.82 Å². The zero-order valence-electron chi connectivity index (χ0n) is 20.8. The molecule has 0 N–H and O–H groups in total. The van der Waals surface area contributed by atoms with Crippen LogP contribution in [0, 0.1) is 12.7 Å². The smallest absolute Gasteiger partial charge is 0.276 e. The summed E-state index contributed by atoms with van der Waals surface area (Å²) in [5.74, 6) is -0.268. The van der Waals surface area contributed by atoms with E-state index in [2.05, 4.69) is 0 Å². The largest absolute Gasteiger partial charge is 0.370 e. The van der Waals surface area contributed by atoms with Crippen LogP contribution >= 0.6 is 0 Å². The highest BCUT2D eigenvalue weighted by Gasteiger charge is 2.31. The fraction of sp³-hybridized carbons (Fsp3) is 0.407. The number of benzene rings is 2. The van der Waals surface area contributed by atoms with E-state index < -0.39 is 0 Å². The molecule has 2 aromatic carbocycles. The topological polar surface area (TPSA) is 59.7 Å². The minimum atomic E-state index is -0.287. The molecule has 186 valence electrons. The van der Waals surface area contributed by atoms with Gasteiger partial charge in [-0.2, -0.15) is 0 Å². The van der Waals surface area contributed by atoms with E-state index >= 15 is 0 Å². The van der Waals surface area contributed by atoms with Gasteiger partial charge in [-0.1, -0.05) is 30.3 Å². The summed E-state index contributed by atoms with van der Waals surface area (Å²) in [4.78, 5) is 30.3. The van der Waals surface area contributed by atoms with Gasteiger partial charge in [0.25, 0.3) is 5.56 Å². The second-order valence-corrected chi connectivity index (χ2v) is 9.41. The molecule has 1 atom stereocenters. The lowest BCUT2D eigenvalue weighted by molar-refractivity contribution is -0.133. The molecule has 1 aliphatic heterocycles. The third-order valence-electron chi connectivity index (χ3n) is 6.62. The standard InChI is InChI=1S/C27H33FN4O3/c1-19(2)31-15-24(35-18-21-10-12-22(28)13-11-21)14-30(17-26(31)33)16-25-20(3)29(4)32(27(25)34)23-8-6-5-7-9-23/h5-13,19,24H,14-18H2,1-4H3/t24-/m0/s1. The summed E-state index contributed by atoms with van der Waals surface area (Å²) in [5.41, 5.74) is 3.11. The minimum absolute atomic E-state index is 0.0184. The molecule has 0 unspecified atom stereocenters. The van der Waals surface area contributed by atoms with E-state index in [-0.39, 0.29) is 36.0 Å². The number of carbonyl (C=O) groups is 1. The van der Waals surface area contributed by atoms with Gasteiger partial charge in [0, 0.05) is 38.4 Å². The molecular weight excluding hydrogens is 447 g/mol. The summed E-state index contributed by atoms with van der Waals surface area (Å²) in [6.07, 6.45) is -0.241.